The molecule has 2 saturated heterocycles. The van der Waals surface area contributed by atoms with E-state index in [1.165, 1.54) is 0 Å². The van der Waals surface area contributed by atoms with Crippen LogP contribution in [0.5, 0.6) is 0 Å². The Morgan fingerprint density at radius 1 is 1.12 bits per heavy atom. The fraction of sp³-hybridized carbons (Fsp3) is 1.00. The van der Waals surface area contributed by atoms with Gasteiger partial charge < -0.3 is 10.1 Å². The molecule has 0 aromatic heterocycles. The first-order chi connectivity index (χ1) is 7.44. The number of hydrogen-bond acceptors (Lipinski definition) is 4. The first kappa shape index (κ1) is 12.3. The van der Waals surface area contributed by atoms with Crippen molar-refractivity contribution in [2.75, 3.05) is 11.5 Å². The predicted octanol–water partition coefficient (Wildman–Crippen LogP) is 0.719. The fourth-order valence-electron chi connectivity index (χ4n) is 2.80. The van der Waals surface area contributed by atoms with Crippen LogP contribution in [0.3, 0.4) is 0 Å². The summed E-state index contributed by atoms with van der Waals surface area (Å²) in [5.41, 5.74) is 0. The Labute approximate surface area is 97.7 Å². The molecular weight excluding hydrogens is 226 g/mol. The molecule has 0 aromatic rings. The molecule has 2 fully saturated rings. The van der Waals surface area contributed by atoms with Crippen LogP contribution in [0.25, 0.3) is 0 Å². The second-order valence-corrected chi connectivity index (χ2v) is 7.42. The highest BCUT2D eigenvalue weighted by Crippen LogP contribution is 2.21. The van der Waals surface area contributed by atoms with Crippen molar-refractivity contribution in [1.29, 1.82) is 0 Å². The molecule has 16 heavy (non-hydrogen) atoms. The predicted molar refractivity (Wildman–Crippen MR) is 63.2 cm³/mol. The minimum atomic E-state index is -2.77. The smallest absolute Gasteiger partial charge is 0.151 e. The summed E-state index contributed by atoms with van der Waals surface area (Å²) >= 11 is 0. The van der Waals surface area contributed by atoms with Crippen LogP contribution in [0.1, 0.15) is 33.1 Å². The quantitative estimate of drug-likeness (QED) is 0.781. The molecule has 0 radical (unpaired) electrons. The van der Waals surface area contributed by atoms with Crippen molar-refractivity contribution in [1.82, 2.24) is 5.32 Å². The molecule has 4 nitrogen and oxygen atoms in total. The van der Waals surface area contributed by atoms with Crippen molar-refractivity contribution < 1.29 is 13.2 Å². The topological polar surface area (TPSA) is 55.4 Å². The lowest BCUT2D eigenvalue weighted by Crippen LogP contribution is -2.46. The van der Waals surface area contributed by atoms with Crippen molar-refractivity contribution in [3.8, 4) is 0 Å². The van der Waals surface area contributed by atoms with Gasteiger partial charge >= 0.3 is 0 Å². The number of nitrogens with one attached hydrogen (secondary N) is 1. The molecule has 1 N–H and O–H groups in total. The Bertz CT molecular complexity index is 331. The minimum absolute atomic E-state index is 0.160. The Hall–Kier alpha value is -0.130. The summed E-state index contributed by atoms with van der Waals surface area (Å²) in [7, 11) is -2.77. The lowest BCUT2D eigenvalue weighted by molar-refractivity contribution is -0.0431. The molecule has 2 aliphatic rings. The standard InChI is InChI=1S/C11H21NO3S/c1-8-5-11(6-9(2)15-8)12-10-3-4-16(13,14)7-10/h8-12H,3-7H2,1-2H3. The van der Waals surface area contributed by atoms with Crippen molar-refractivity contribution >= 4 is 9.84 Å². The number of rotatable bonds is 2. The van der Waals surface area contributed by atoms with Crippen LogP contribution in [0.4, 0.5) is 0 Å². The molecule has 2 rings (SSSR count). The van der Waals surface area contributed by atoms with Gasteiger partial charge in [0.15, 0.2) is 9.84 Å². The van der Waals surface area contributed by atoms with Gasteiger partial charge in [-0.3, -0.25) is 0 Å². The third-order valence-electron chi connectivity index (χ3n) is 3.40. The molecule has 94 valence electrons. The molecule has 0 amide bonds. The Morgan fingerprint density at radius 2 is 1.75 bits per heavy atom. The maximum Gasteiger partial charge on any atom is 0.151 e. The van der Waals surface area contributed by atoms with Gasteiger partial charge in [-0.15, -0.1) is 0 Å². The highest BCUT2D eigenvalue weighted by molar-refractivity contribution is 7.91. The van der Waals surface area contributed by atoms with Gasteiger partial charge in [0.1, 0.15) is 0 Å². The van der Waals surface area contributed by atoms with Gasteiger partial charge in [0.05, 0.1) is 23.7 Å². The minimum Gasteiger partial charge on any atom is -0.375 e. The Morgan fingerprint density at radius 3 is 2.25 bits per heavy atom. The van der Waals surface area contributed by atoms with E-state index in [0.29, 0.717) is 17.5 Å². The molecule has 2 aliphatic heterocycles. The van der Waals surface area contributed by atoms with Crippen LogP contribution in [0.15, 0.2) is 0 Å². The van der Waals surface area contributed by atoms with Crippen LogP contribution in [0.2, 0.25) is 0 Å². The maximum absolute atomic E-state index is 11.3. The van der Waals surface area contributed by atoms with Crippen LogP contribution in [0, 0.1) is 0 Å². The second kappa shape index (κ2) is 4.63. The fourth-order valence-corrected chi connectivity index (χ4v) is 4.49. The summed E-state index contributed by atoms with van der Waals surface area (Å²) in [6.07, 6.45) is 3.29. The first-order valence-electron chi connectivity index (χ1n) is 6.06. The van der Waals surface area contributed by atoms with E-state index in [-0.39, 0.29) is 18.2 Å². The molecule has 0 saturated carbocycles. The molecule has 3 unspecified atom stereocenters. The summed E-state index contributed by atoms with van der Waals surface area (Å²) < 4.78 is 28.4. The van der Waals surface area contributed by atoms with Crippen molar-refractivity contribution in [2.45, 2.75) is 57.4 Å². The molecule has 0 bridgehead atoms. The molecule has 3 atom stereocenters. The molecule has 0 aromatic carbocycles. The van der Waals surface area contributed by atoms with E-state index < -0.39 is 9.84 Å². The maximum atomic E-state index is 11.3. The summed E-state index contributed by atoms with van der Waals surface area (Å²) in [4.78, 5) is 0. The van der Waals surface area contributed by atoms with Gasteiger partial charge in [-0.05, 0) is 33.1 Å². The van der Waals surface area contributed by atoms with Gasteiger partial charge in [-0.1, -0.05) is 0 Å². The highest BCUT2D eigenvalue weighted by atomic mass is 32.2. The number of hydrogen-bond donors (Lipinski definition) is 1. The molecule has 0 spiro atoms. The largest absolute Gasteiger partial charge is 0.375 e. The van der Waals surface area contributed by atoms with Gasteiger partial charge in [-0.2, -0.15) is 0 Å². The zero-order valence-corrected chi connectivity index (χ0v) is 10.8. The lowest BCUT2D eigenvalue weighted by atomic mass is 9.99. The van der Waals surface area contributed by atoms with Crippen LogP contribution < -0.4 is 5.32 Å². The number of ether oxygens (including phenoxy) is 1. The third kappa shape index (κ3) is 3.18. The Balaban J connectivity index is 1.86. The summed E-state index contributed by atoms with van der Waals surface area (Å²) in [6, 6.07) is 0.574. The van der Waals surface area contributed by atoms with E-state index in [9.17, 15) is 8.42 Å². The number of sulfone groups is 1. The monoisotopic (exact) mass is 247 g/mol. The van der Waals surface area contributed by atoms with E-state index in [1.807, 2.05) is 0 Å². The van der Waals surface area contributed by atoms with Crippen molar-refractivity contribution in [3.63, 3.8) is 0 Å². The van der Waals surface area contributed by atoms with E-state index in [4.69, 9.17) is 4.74 Å². The van der Waals surface area contributed by atoms with Gasteiger partial charge in [-0.25, -0.2) is 8.42 Å². The van der Waals surface area contributed by atoms with Crippen molar-refractivity contribution in [2.24, 2.45) is 0 Å². The normalized spacial score (nSPS) is 43.4. The van der Waals surface area contributed by atoms with Crippen LogP contribution >= 0.6 is 0 Å². The van der Waals surface area contributed by atoms with E-state index in [1.54, 1.807) is 0 Å². The van der Waals surface area contributed by atoms with Crippen LogP contribution in [-0.4, -0.2) is 44.2 Å². The average Bonchev–Trinajstić information content (AvgIpc) is 2.43. The lowest BCUT2D eigenvalue weighted by Gasteiger charge is -2.34. The van der Waals surface area contributed by atoms with E-state index >= 15 is 0 Å². The van der Waals surface area contributed by atoms with Gasteiger partial charge in [0, 0.05) is 12.1 Å². The molecule has 5 heteroatoms. The summed E-state index contributed by atoms with van der Waals surface area (Å²) in [5.74, 6) is 0.659. The molecular formula is C11H21NO3S. The van der Waals surface area contributed by atoms with Crippen LogP contribution in [-0.2, 0) is 14.6 Å². The molecule has 2 heterocycles. The van der Waals surface area contributed by atoms with Crippen molar-refractivity contribution in [3.05, 3.63) is 0 Å². The third-order valence-corrected chi connectivity index (χ3v) is 5.17. The Kier molecular flexibility index (Phi) is 3.56. The summed E-state index contributed by atoms with van der Waals surface area (Å²) in [6.45, 7) is 4.16. The average molecular weight is 247 g/mol. The zero-order chi connectivity index (χ0) is 11.8. The molecule has 0 aliphatic carbocycles. The van der Waals surface area contributed by atoms with E-state index in [0.717, 1.165) is 19.3 Å². The summed E-state index contributed by atoms with van der Waals surface area (Å²) in [5, 5.41) is 3.48. The van der Waals surface area contributed by atoms with Gasteiger partial charge in [0.25, 0.3) is 0 Å². The van der Waals surface area contributed by atoms with E-state index in [2.05, 4.69) is 19.2 Å². The second-order valence-electron chi connectivity index (χ2n) is 5.19. The highest BCUT2D eigenvalue weighted by Gasteiger charge is 2.32. The zero-order valence-electron chi connectivity index (χ0n) is 9.98. The SMILES string of the molecule is CC1CC(NC2CCS(=O)(=O)C2)CC(C)O1. The first-order valence-corrected chi connectivity index (χ1v) is 7.88. The van der Waals surface area contributed by atoms with Gasteiger partial charge in [0.2, 0.25) is 0 Å².